The summed E-state index contributed by atoms with van der Waals surface area (Å²) in [6.45, 7) is 6.17. The van der Waals surface area contributed by atoms with Gasteiger partial charge in [0.05, 0.1) is 48.6 Å². The van der Waals surface area contributed by atoms with Crippen molar-refractivity contribution in [3.8, 4) is 45.0 Å². The lowest BCUT2D eigenvalue weighted by Gasteiger charge is -2.27. The fourth-order valence-electron chi connectivity index (χ4n) is 7.97. The van der Waals surface area contributed by atoms with Crippen LogP contribution in [0.4, 0.5) is 39.4 Å². The number of pyridine rings is 2. The van der Waals surface area contributed by atoms with E-state index < -0.39 is 0 Å². The summed E-state index contributed by atoms with van der Waals surface area (Å²) in [6, 6.07) is 30.2. The average Bonchev–Trinajstić information content (AvgIpc) is 4.25. The number of nitrogens with one attached hydrogen (secondary N) is 6. The van der Waals surface area contributed by atoms with Gasteiger partial charge in [-0.3, -0.25) is 25.5 Å². The first-order valence-corrected chi connectivity index (χ1v) is 22.4. The maximum Gasteiger partial charge on any atom is 0.324 e. The topological polar surface area (TPSA) is 284 Å². The van der Waals surface area contributed by atoms with E-state index in [0.29, 0.717) is 30.5 Å². The van der Waals surface area contributed by atoms with Gasteiger partial charge in [0.15, 0.2) is 5.82 Å². The lowest BCUT2D eigenvalue weighted by atomic mass is 10.1. The molecule has 0 bridgehead atoms. The molecule has 10 aromatic rings. The summed E-state index contributed by atoms with van der Waals surface area (Å²) in [5.41, 5.74) is 21.9. The average molecular weight is 937 g/mol. The van der Waals surface area contributed by atoms with Gasteiger partial charge in [-0.15, -0.1) is 0 Å². The minimum absolute atomic E-state index is 0.386. The lowest BCUT2D eigenvalue weighted by Crippen LogP contribution is -2.36. The van der Waals surface area contributed by atoms with E-state index in [4.69, 9.17) is 20.9 Å². The van der Waals surface area contributed by atoms with Crippen LogP contribution in [0.5, 0.6) is 0 Å². The number of rotatable bonds is 8. The van der Waals surface area contributed by atoms with E-state index in [9.17, 15) is 4.79 Å². The number of hydrogen-bond acceptors (Lipinski definition) is 15. The van der Waals surface area contributed by atoms with Gasteiger partial charge in [0.1, 0.15) is 41.4 Å². The molecule has 8 aromatic heterocycles. The largest absolute Gasteiger partial charge is 0.399 e. The number of nitrogens with two attached hydrogens (primary N) is 2. The molecule has 0 unspecified atom stereocenters. The first-order valence-electron chi connectivity index (χ1n) is 22.4. The normalized spacial score (nSPS) is 13.5. The molecule has 2 aliphatic rings. The van der Waals surface area contributed by atoms with E-state index in [-0.39, 0.29) is 6.03 Å². The molecule has 0 radical (unpaired) electrons. The number of morpholine rings is 2. The third kappa shape index (κ3) is 10.5. The SMILES string of the molecule is Nc1cc(-c2ccncc2)[nH]n1.Nc1ccc(-c2cc3c(N4CCOCC4)ncnc3[nH]2)cc1.O=C(Nc1ccc(-c2cc3c(N4CCOCC4)ncnc3[nH]2)cc1)Nc1cc(-c2cccnc2)[nH]n1. The van der Waals surface area contributed by atoms with E-state index in [0.717, 1.165) is 124 Å². The molecule has 2 aliphatic heterocycles. The molecular weight excluding hydrogens is 889 g/mol. The second-order valence-corrected chi connectivity index (χ2v) is 16.1. The quantitative estimate of drug-likeness (QED) is 0.0713. The number of ether oxygens (including phenoxy) is 2. The number of carbonyl (C=O) groups is 1. The van der Waals surface area contributed by atoms with Crippen molar-refractivity contribution in [3.05, 3.63) is 135 Å². The number of fused-ring (bicyclic) bond motifs is 2. The zero-order chi connectivity index (χ0) is 47.7. The standard InChI is InChI=1S/C25H23N9O2.C16H17N5O.C8H8N4/c35-25(31-22-13-21(32-33-22)17-2-1-7-26-14-17)29-18-5-3-16(4-6-18)20-12-19-23(30-20)27-15-28-24(19)34-8-10-36-11-9-34;17-12-3-1-11(2-4-12)14-9-13-15(20-14)18-10-19-16(13)21-5-7-22-8-6-21;9-8-5-7(11-12-8)6-1-3-10-4-2-6/h1-7,12-15H,8-11H2,(H,27,28,30)(H3,29,31,32,33,35);1-4,9-10H,5-8,17H2,(H,18,19,20);1-5H,(H3,9,11,12). The maximum absolute atomic E-state index is 12.5. The van der Waals surface area contributed by atoms with E-state index in [1.54, 1.807) is 49.6 Å². The first-order chi connectivity index (χ1) is 34.4. The molecular formula is C49H48N18O3. The zero-order valence-electron chi connectivity index (χ0n) is 37.7. The van der Waals surface area contributed by atoms with Gasteiger partial charge in [-0.25, -0.2) is 24.7 Å². The highest BCUT2D eigenvalue weighted by atomic mass is 16.5. The molecule has 2 amide bonds. The Morgan fingerprint density at radius 3 is 1.67 bits per heavy atom. The van der Waals surface area contributed by atoms with Crippen LogP contribution in [0.1, 0.15) is 0 Å². The Morgan fingerprint density at radius 2 is 1.11 bits per heavy atom. The number of nitrogens with zero attached hydrogens (tertiary/aromatic N) is 10. The van der Waals surface area contributed by atoms with Crippen molar-refractivity contribution in [2.75, 3.05) is 84.5 Å². The number of hydrogen-bond donors (Lipinski definition) is 8. The Labute approximate surface area is 400 Å². The summed E-state index contributed by atoms with van der Waals surface area (Å²) in [7, 11) is 0. The predicted molar refractivity (Wildman–Crippen MR) is 270 cm³/mol. The maximum atomic E-state index is 12.5. The molecule has 0 aliphatic carbocycles. The van der Waals surface area contributed by atoms with E-state index in [2.05, 4.69) is 92.8 Å². The van der Waals surface area contributed by atoms with Crippen LogP contribution in [-0.4, -0.2) is 119 Å². The minimum atomic E-state index is -0.386. The van der Waals surface area contributed by atoms with Crippen molar-refractivity contribution in [3.63, 3.8) is 0 Å². The highest BCUT2D eigenvalue weighted by molar-refractivity contribution is 6.00. The Hall–Kier alpha value is -9.21. The number of aromatic nitrogens is 12. The second-order valence-electron chi connectivity index (χ2n) is 16.1. The summed E-state index contributed by atoms with van der Waals surface area (Å²) >= 11 is 0. The van der Waals surface area contributed by atoms with Crippen molar-refractivity contribution < 1.29 is 14.3 Å². The molecule has 12 rings (SSSR count). The third-order valence-corrected chi connectivity index (χ3v) is 11.5. The number of anilines is 6. The molecule has 352 valence electrons. The Morgan fingerprint density at radius 1 is 0.557 bits per heavy atom. The van der Waals surface area contributed by atoms with Crippen molar-refractivity contribution >= 4 is 62.7 Å². The number of H-pyrrole nitrogens is 4. The molecule has 10 heterocycles. The molecule has 0 saturated carbocycles. The summed E-state index contributed by atoms with van der Waals surface area (Å²) in [5.74, 6) is 2.79. The number of carbonyl (C=O) groups excluding carboxylic acids is 1. The fourth-order valence-corrected chi connectivity index (χ4v) is 7.97. The number of benzene rings is 2. The van der Waals surface area contributed by atoms with Crippen LogP contribution in [0.2, 0.25) is 0 Å². The van der Waals surface area contributed by atoms with Crippen molar-refractivity contribution in [2.24, 2.45) is 0 Å². The highest BCUT2D eigenvalue weighted by Crippen LogP contribution is 2.31. The zero-order valence-corrected chi connectivity index (χ0v) is 37.7. The number of urea groups is 1. The first kappa shape index (κ1) is 44.6. The van der Waals surface area contributed by atoms with Gasteiger partial charge in [-0.1, -0.05) is 24.3 Å². The van der Waals surface area contributed by atoms with Gasteiger partial charge < -0.3 is 46.0 Å². The molecule has 2 saturated heterocycles. The van der Waals surface area contributed by atoms with Crippen LogP contribution < -0.4 is 31.9 Å². The fraction of sp³-hybridized carbons (Fsp3) is 0.163. The van der Waals surface area contributed by atoms with Crippen LogP contribution in [0.15, 0.2) is 135 Å². The van der Waals surface area contributed by atoms with Crippen LogP contribution >= 0.6 is 0 Å². The Bertz CT molecular complexity index is 3290. The summed E-state index contributed by atoms with van der Waals surface area (Å²) in [6.07, 6.45) is 10.1. The molecule has 0 atom stereocenters. The molecule has 21 nitrogen and oxygen atoms in total. The number of amides is 2. The van der Waals surface area contributed by atoms with Gasteiger partial charge in [-0.05, 0) is 71.8 Å². The van der Waals surface area contributed by atoms with Crippen LogP contribution in [-0.2, 0) is 9.47 Å². The molecule has 2 aromatic carbocycles. The van der Waals surface area contributed by atoms with Gasteiger partial charge in [0, 0.05) is 97.0 Å². The molecule has 70 heavy (non-hydrogen) atoms. The van der Waals surface area contributed by atoms with Crippen LogP contribution in [0, 0.1) is 0 Å². The van der Waals surface area contributed by atoms with Crippen molar-refractivity contribution in [1.29, 1.82) is 0 Å². The van der Waals surface area contributed by atoms with Crippen molar-refractivity contribution in [2.45, 2.75) is 0 Å². The Balaban J connectivity index is 0.000000140. The summed E-state index contributed by atoms with van der Waals surface area (Å²) < 4.78 is 10.9. The molecule has 10 N–H and O–H groups in total. The molecule has 0 spiro atoms. The summed E-state index contributed by atoms with van der Waals surface area (Å²) in [5, 5.41) is 21.3. The number of nitrogen functional groups attached to an aromatic ring is 2. The number of aromatic amines is 4. The summed E-state index contributed by atoms with van der Waals surface area (Å²) in [4.78, 5) is 49.4. The molecule has 2 fully saturated rings. The third-order valence-electron chi connectivity index (χ3n) is 11.5. The van der Waals surface area contributed by atoms with Gasteiger partial charge in [0.2, 0.25) is 0 Å². The van der Waals surface area contributed by atoms with Crippen molar-refractivity contribution in [1.82, 2.24) is 60.3 Å². The minimum Gasteiger partial charge on any atom is -0.399 e. The van der Waals surface area contributed by atoms with E-state index in [1.807, 2.05) is 72.8 Å². The highest BCUT2D eigenvalue weighted by Gasteiger charge is 2.19. The second kappa shape index (κ2) is 20.8. The molecule has 21 heteroatoms. The smallest absolute Gasteiger partial charge is 0.324 e. The monoisotopic (exact) mass is 936 g/mol. The van der Waals surface area contributed by atoms with Gasteiger partial charge in [0.25, 0.3) is 0 Å². The van der Waals surface area contributed by atoms with E-state index >= 15 is 0 Å². The van der Waals surface area contributed by atoms with E-state index in [1.165, 1.54) is 0 Å². The van der Waals surface area contributed by atoms with Gasteiger partial charge in [-0.2, -0.15) is 10.2 Å². The Kier molecular flexibility index (Phi) is 13.2. The van der Waals surface area contributed by atoms with Gasteiger partial charge >= 0.3 is 6.03 Å². The van der Waals surface area contributed by atoms with Crippen LogP contribution in [0.25, 0.3) is 67.1 Å². The van der Waals surface area contributed by atoms with Crippen LogP contribution in [0.3, 0.4) is 0 Å². The predicted octanol–water partition coefficient (Wildman–Crippen LogP) is 6.99. The lowest BCUT2D eigenvalue weighted by molar-refractivity contribution is 0.122.